The fourth-order valence-electron chi connectivity index (χ4n) is 2.72. The highest BCUT2D eigenvalue weighted by atomic mass is 16.5. The van der Waals surface area contributed by atoms with E-state index in [4.69, 9.17) is 0 Å². The molecule has 3 unspecified atom stereocenters. The molecule has 0 heterocycles. The first kappa shape index (κ1) is 23.4. The van der Waals surface area contributed by atoms with Crippen LogP contribution in [0.1, 0.15) is 90.4 Å². The minimum atomic E-state index is -0.421. The average molecular weight is 347 g/mol. The Kier molecular flexibility index (Phi) is 15.4. The van der Waals surface area contributed by atoms with E-state index in [-0.39, 0.29) is 18.2 Å². The third kappa shape index (κ3) is 14.9. The van der Waals surface area contributed by atoms with Crippen molar-refractivity contribution in [2.45, 2.75) is 109 Å². The molecule has 0 aliphatic rings. The van der Waals surface area contributed by atoms with Crippen LogP contribution in [0.15, 0.2) is 0 Å². The molecule has 24 heavy (non-hydrogen) atoms. The molecule has 144 valence electrons. The van der Waals surface area contributed by atoms with E-state index in [1.807, 2.05) is 6.92 Å². The maximum absolute atomic E-state index is 10.9. The highest BCUT2D eigenvalue weighted by molar-refractivity contribution is 5.68. The first-order chi connectivity index (χ1) is 11.5. The van der Waals surface area contributed by atoms with Gasteiger partial charge in [0, 0.05) is 6.42 Å². The zero-order valence-electron chi connectivity index (χ0n) is 15.6. The Hall–Kier alpha value is -0.650. The third-order valence-corrected chi connectivity index (χ3v) is 4.53. The van der Waals surface area contributed by atoms with Crippen LogP contribution in [-0.2, 0) is 9.53 Å². The summed E-state index contributed by atoms with van der Waals surface area (Å²) in [5.74, 6) is -0.135. The Balaban J connectivity index is 3.40. The molecule has 0 saturated carbocycles. The molecule has 0 aromatic rings. The minimum absolute atomic E-state index is 0.135. The molecule has 0 aromatic carbocycles. The third-order valence-electron chi connectivity index (χ3n) is 4.53. The van der Waals surface area contributed by atoms with Gasteiger partial charge in [-0.15, -0.1) is 0 Å². The number of unbranched alkanes of at least 4 members (excludes halogenated alkanes) is 5. The Labute approximate surface area is 147 Å². The molecule has 3 N–H and O–H groups in total. The number of aliphatic hydroxyl groups excluding tert-OH is 3. The number of hydrogen-bond donors (Lipinski definition) is 3. The minimum Gasteiger partial charge on any atom is -0.469 e. The van der Waals surface area contributed by atoms with Gasteiger partial charge in [-0.2, -0.15) is 0 Å². The summed E-state index contributed by atoms with van der Waals surface area (Å²) in [6.07, 6.45) is 9.68. The summed E-state index contributed by atoms with van der Waals surface area (Å²) in [4.78, 5) is 10.9. The molecule has 5 heteroatoms. The van der Waals surface area contributed by atoms with E-state index in [0.717, 1.165) is 51.4 Å². The van der Waals surface area contributed by atoms with Crippen molar-refractivity contribution >= 4 is 5.97 Å². The number of esters is 1. The van der Waals surface area contributed by atoms with Crippen molar-refractivity contribution in [2.75, 3.05) is 7.11 Å². The summed E-state index contributed by atoms with van der Waals surface area (Å²) in [5, 5.41) is 29.2. The van der Waals surface area contributed by atoms with Gasteiger partial charge in [-0.1, -0.05) is 39.0 Å². The van der Waals surface area contributed by atoms with Gasteiger partial charge in [-0.25, -0.2) is 0 Å². The highest BCUT2D eigenvalue weighted by Gasteiger charge is 2.11. The first-order valence-corrected chi connectivity index (χ1v) is 9.60. The Morgan fingerprint density at radius 2 is 1.21 bits per heavy atom. The van der Waals surface area contributed by atoms with Gasteiger partial charge in [0.1, 0.15) is 0 Å². The Morgan fingerprint density at radius 3 is 1.75 bits per heavy atom. The largest absolute Gasteiger partial charge is 0.469 e. The number of hydrogen-bond acceptors (Lipinski definition) is 5. The topological polar surface area (TPSA) is 87.0 Å². The lowest BCUT2D eigenvalue weighted by molar-refractivity contribution is -0.140. The molecule has 0 aromatic heterocycles. The van der Waals surface area contributed by atoms with Crippen LogP contribution in [0.2, 0.25) is 0 Å². The van der Waals surface area contributed by atoms with Crippen LogP contribution in [0.4, 0.5) is 0 Å². The quantitative estimate of drug-likeness (QED) is 0.295. The van der Waals surface area contributed by atoms with Crippen molar-refractivity contribution < 1.29 is 24.9 Å². The lowest BCUT2D eigenvalue weighted by atomic mass is 10.00. The molecule has 0 bridgehead atoms. The number of rotatable bonds is 16. The predicted molar refractivity (Wildman–Crippen MR) is 95.7 cm³/mol. The number of aliphatic hydroxyl groups is 3. The summed E-state index contributed by atoms with van der Waals surface area (Å²) in [5.41, 5.74) is 0. The normalized spacial score (nSPS) is 15.0. The second kappa shape index (κ2) is 15.9. The zero-order chi connectivity index (χ0) is 18.2. The van der Waals surface area contributed by atoms with Crippen molar-refractivity contribution in [3.8, 4) is 0 Å². The van der Waals surface area contributed by atoms with Gasteiger partial charge < -0.3 is 20.1 Å². The molecule has 0 amide bonds. The van der Waals surface area contributed by atoms with Crippen LogP contribution >= 0.6 is 0 Å². The molecule has 0 saturated heterocycles. The molecule has 5 nitrogen and oxygen atoms in total. The van der Waals surface area contributed by atoms with Crippen molar-refractivity contribution in [3.05, 3.63) is 0 Å². The standard InChI is InChI=1S/C19H38O5/c1-3-16(20)12-13-18(22)15-14-17(21)10-8-6-4-5-7-9-11-19(23)24-2/h16-18,20-22H,3-15H2,1-2H3. The highest BCUT2D eigenvalue weighted by Crippen LogP contribution is 2.15. The molecule has 0 rings (SSSR count). The van der Waals surface area contributed by atoms with E-state index in [1.54, 1.807) is 0 Å². The maximum Gasteiger partial charge on any atom is 0.305 e. The van der Waals surface area contributed by atoms with Crippen LogP contribution in [0, 0.1) is 0 Å². The summed E-state index contributed by atoms with van der Waals surface area (Å²) in [6, 6.07) is 0. The Morgan fingerprint density at radius 1 is 0.750 bits per heavy atom. The summed E-state index contributed by atoms with van der Waals surface area (Å²) < 4.78 is 4.60. The molecule has 0 fully saturated rings. The monoisotopic (exact) mass is 346 g/mol. The van der Waals surface area contributed by atoms with Crippen LogP contribution in [0.5, 0.6) is 0 Å². The van der Waals surface area contributed by atoms with Crippen LogP contribution in [0.3, 0.4) is 0 Å². The van der Waals surface area contributed by atoms with Crippen LogP contribution < -0.4 is 0 Å². The fourth-order valence-corrected chi connectivity index (χ4v) is 2.72. The molecule has 0 aliphatic heterocycles. The van der Waals surface area contributed by atoms with Gasteiger partial charge in [0.05, 0.1) is 25.4 Å². The van der Waals surface area contributed by atoms with Gasteiger partial charge in [0.15, 0.2) is 0 Å². The maximum atomic E-state index is 10.9. The van der Waals surface area contributed by atoms with Gasteiger partial charge in [-0.3, -0.25) is 4.79 Å². The molecular formula is C19H38O5. The summed E-state index contributed by atoms with van der Waals surface area (Å²) in [7, 11) is 1.42. The first-order valence-electron chi connectivity index (χ1n) is 9.60. The number of ether oxygens (including phenoxy) is 1. The van der Waals surface area contributed by atoms with E-state index < -0.39 is 6.10 Å². The number of carbonyl (C=O) groups is 1. The van der Waals surface area contributed by atoms with Crippen molar-refractivity contribution in [3.63, 3.8) is 0 Å². The van der Waals surface area contributed by atoms with Gasteiger partial charge in [0.25, 0.3) is 0 Å². The van der Waals surface area contributed by atoms with Crippen LogP contribution in [0.25, 0.3) is 0 Å². The molecule has 3 atom stereocenters. The summed E-state index contributed by atoms with van der Waals surface area (Å²) in [6.45, 7) is 1.93. The van der Waals surface area contributed by atoms with E-state index >= 15 is 0 Å². The molecular weight excluding hydrogens is 308 g/mol. The summed E-state index contributed by atoms with van der Waals surface area (Å²) >= 11 is 0. The smallest absolute Gasteiger partial charge is 0.305 e. The molecule has 0 radical (unpaired) electrons. The second-order valence-corrected chi connectivity index (χ2v) is 6.76. The van der Waals surface area contributed by atoms with Gasteiger partial charge in [-0.05, 0) is 44.9 Å². The zero-order valence-corrected chi connectivity index (χ0v) is 15.6. The van der Waals surface area contributed by atoms with Crippen molar-refractivity contribution in [2.24, 2.45) is 0 Å². The lowest BCUT2D eigenvalue weighted by Gasteiger charge is -2.15. The fraction of sp³-hybridized carbons (Fsp3) is 0.947. The van der Waals surface area contributed by atoms with E-state index in [9.17, 15) is 20.1 Å². The van der Waals surface area contributed by atoms with E-state index in [0.29, 0.717) is 32.1 Å². The number of methoxy groups -OCH3 is 1. The average Bonchev–Trinajstić information content (AvgIpc) is 2.59. The van der Waals surface area contributed by atoms with Gasteiger partial charge in [0.2, 0.25) is 0 Å². The predicted octanol–water partition coefficient (Wildman–Crippen LogP) is 3.33. The van der Waals surface area contributed by atoms with Gasteiger partial charge >= 0.3 is 5.97 Å². The SMILES string of the molecule is CCC(O)CCC(O)CCC(O)CCCCCCCCC(=O)OC. The molecule has 0 aliphatic carbocycles. The lowest BCUT2D eigenvalue weighted by Crippen LogP contribution is -2.15. The number of carbonyl (C=O) groups excluding carboxylic acids is 1. The second-order valence-electron chi connectivity index (χ2n) is 6.76. The Bertz CT molecular complexity index is 295. The van der Waals surface area contributed by atoms with Crippen LogP contribution in [-0.4, -0.2) is 46.7 Å². The van der Waals surface area contributed by atoms with E-state index in [2.05, 4.69) is 4.74 Å². The van der Waals surface area contributed by atoms with E-state index in [1.165, 1.54) is 7.11 Å². The van der Waals surface area contributed by atoms with Crippen molar-refractivity contribution in [1.29, 1.82) is 0 Å². The van der Waals surface area contributed by atoms with Crippen molar-refractivity contribution in [1.82, 2.24) is 0 Å². The molecule has 0 spiro atoms.